The molecule has 1 aromatic carbocycles. The highest BCUT2D eigenvalue weighted by atomic mass is 19.1. The van der Waals surface area contributed by atoms with Gasteiger partial charge in [-0.2, -0.15) is 5.26 Å². The Morgan fingerprint density at radius 1 is 1.28 bits per heavy atom. The van der Waals surface area contributed by atoms with Gasteiger partial charge in [0.05, 0.1) is 18.8 Å². The van der Waals surface area contributed by atoms with Crippen molar-refractivity contribution in [1.29, 1.82) is 5.26 Å². The molecule has 0 atom stereocenters. The normalized spacial score (nSPS) is 18.2. The Hall–Kier alpha value is -2.53. The zero-order valence-corrected chi connectivity index (χ0v) is 16.5. The Balaban J connectivity index is 1.43. The number of rotatable bonds is 6. The van der Waals surface area contributed by atoms with Gasteiger partial charge in [-0.1, -0.05) is 12.1 Å². The molecule has 3 heterocycles. The van der Waals surface area contributed by atoms with Crippen LogP contribution < -0.4 is 10.2 Å². The van der Waals surface area contributed by atoms with E-state index in [2.05, 4.69) is 21.3 Å². The summed E-state index contributed by atoms with van der Waals surface area (Å²) in [7, 11) is 0. The third kappa shape index (κ3) is 4.56. The monoisotopic (exact) mass is 396 g/mol. The van der Waals surface area contributed by atoms with E-state index in [1.807, 2.05) is 12.1 Å². The lowest BCUT2D eigenvalue weighted by Crippen LogP contribution is -2.61. The molecule has 6 nitrogen and oxygen atoms in total. The molecule has 1 spiro atoms. The van der Waals surface area contributed by atoms with Crippen LogP contribution in [0.5, 0.6) is 0 Å². The summed E-state index contributed by atoms with van der Waals surface area (Å²) in [6.45, 7) is 6.22. The molecule has 0 aliphatic carbocycles. The van der Waals surface area contributed by atoms with E-state index in [4.69, 9.17) is 14.7 Å². The smallest absolute Gasteiger partial charge is 0.159 e. The van der Waals surface area contributed by atoms with E-state index in [1.165, 1.54) is 0 Å². The minimum Gasteiger partial charge on any atom is -0.352 e. The third-order valence-electron chi connectivity index (χ3n) is 5.60. The minimum atomic E-state index is -0.253. The molecule has 2 fully saturated rings. The van der Waals surface area contributed by atoms with Gasteiger partial charge in [-0.15, -0.1) is 0 Å². The van der Waals surface area contributed by atoms with Crippen LogP contribution in [-0.2, 0) is 16.0 Å². The van der Waals surface area contributed by atoms with Crippen molar-refractivity contribution in [1.82, 2.24) is 10.3 Å². The van der Waals surface area contributed by atoms with E-state index in [-0.39, 0.29) is 17.5 Å². The summed E-state index contributed by atoms with van der Waals surface area (Å²) < 4.78 is 25.9. The first kappa shape index (κ1) is 19.8. The molecular formula is C22H25FN4O2. The Kier molecular flexibility index (Phi) is 5.76. The van der Waals surface area contributed by atoms with Crippen LogP contribution in [0.15, 0.2) is 36.5 Å². The SMILES string of the molecule is Cc1ccc(CN(CCC2OCC3(CNC3)CO2)c2ccc(C#N)cn2)cc1F. The summed E-state index contributed by atoms with van der Waals surface area (Å²) in [5.74, 6) is 0.522. The Labute approximate surface area is 170 Å². The number of benzene rings is 1. The fraction of sp³-hybridized carbons (Fsp3) is 0.455. The number of halogens is 1. The summed E-state index contributed by atoms with van der Waals surface area (Å²) in [5.41, 5.74) is 2.14. The molecule has 0 bridgehead atoms. The van der Waals surface area contributed by atoms with E-state index in [0.29, 0.717) is 43.9 Å². The maximum Gasteiger partial charge on any atom is 0.159 e. The van der Waals surface area contributed by atoms with Gasteiger partial charge in [0.15, 0.2) is 6.29 Å². The molecule has 2 aliphatic heterocycles. The highest BCUT2D eigenvalue weighted by Gasteiger charge is 2.42. The maximum absolute atomic E-state index is 14.0. The average molecular weight is 396 g/mol. The van der Waals surface area contributed by atoms with Crippen molar-refractivity contribution in [2.24, 2.45) is 5.41 Å². The predicted octanol–water partition coefficient (Wildman–Crippen LogP) is 2.76. The molecule has 0 radical (unpaired) electrons. The summed E-state index contributed by atoms with van der Waals surface area (Å²) in [4.78, 5) is 6.48. The fourth-order valence-electron chi connectivity index (χ4n) is 3.61. The first-order chi connectivity index (χ1) is 14.1. The molecule has 2 saturated heterocycles. The van der Waals surface area contributed by atoms with Crippen molar-refractivity contribution in [3.05, 3.63) is 59.0 Å². The number of hydrogen-bond donors (Lipinski definition) is 1. The Morgan fingerprint density at radius 2 is 2.07 bits per heavy atom. The lowest BCUT2D eigenvalue weighted by molar-refractivity contribution is -0.239. The van der Waals surface area contributed by atoms with Crippen LogP contribution in [0.4, 0.5) is 10.2 Å². The van der Waals surface area contributed by atoms with E-state index < -0.39 is 0 Å². The van der Waals surface area contributed by atoms with Crippen LogP contribution in [0.25, 0.3) is 0 Å². The van der Waals surface area contributed by atoms with E-state index in [9.17, 15) is 4.39 Å². The minimum absolute atomic E-state index is 0.143. The van der Waals surface area contributed by atoms with Gasteiger partial charge in [0.2, 0.25) is 0 Å². The van der Waals surface area contributed by atoms with Gasteiger partial charge in [0.1, 0.15) is 17.7 Å². The van der Waals surface area contributed by atoms with Gasteiger partial charge in [0.25, 0.3) is 0 Å². The summed E-state index contributed by atoms with van der Waals surface area (Å²) in [5, 5.41) is 12.3. The number of ether oxygens (including phenoxy) is 2. The topological polar surface area (TPSA) is 70.4 Å². The molecule has 0 amide bonds. The van der Waals surface area contributed by atoms with E-state index in [0.717, 1.165) is 24.5 Å². The highest BCUT2D eigenvalue weighted by molar-refractivity contribution is 5.43. The number of aromatic nitrogens is 1. The van der Waals surface area contributed by atoms with Crippen molar-refractivity contribution < 1.29 is 13.9 Å². The Bertz CT molecular complexity index is 883. The van der Waals surface area contributed by atoms with Crippen LogP contribution in [-0.4, -0.2) is 44.1 Å². The van der Waals surface area contributed by atoms with Crippen LogP contribution >= 0.6 is 0 Å². The first-order valence-corrected chi connectivity index (χ1v) is 9.87. The van der Waals surface area contributed by atoms with Gasteiger partial charge in [0, 0.05) is 44.2 Å². The summed E-state index contributed by atoms with van der Waals surface area (Å²) in [6, 6.07) is 10.9. The highest BCUT2D eigenvalue weighted by Crippen LogP contribution is 2.29. The van der Waals surface area contributed by atoms with Crippen LogP contribution in [0, 0.1) is 29.5 Å². The second-order valence-electron chi connectivity index (χ2n) is 7.97. The number of nitrogens with one attached hydrogen (secondary N) is 1. The summed E-state index contributed by atoms with van der Waals surface area (Å²) in [6.07, 6.45) is 1.98. The maximum atomic E-state index is 14.0. The van der Waals surface area contributed by atoms with Crippen molar-refractivity contribution in [3.63, 3.8) is 0 Å². The molecule has 152 valence electrons. The molecule has 0 saturated carbocycles. The molecule has 4 rings (SSSR count). The number of aryl methyl sites for hydroxylation is 1. The number of pyridine rings is 1. The number of anilines is 1. The Morgan fingerprint density at radius 3 is 2.66 bits per heavy atom. The van der Waals surface area contributed by atoms with Crippen molar-refractivity contribution in [2.45, 2.75) is 26.2 Å². The van der Waals surface area contributed by atoms with Gasteiger partial charge < -0.3 is 19.7 Å². The lowest BCUT2D eigenvalue weighted by Gasteiger charge is -2.46. The molecular weight excluding hydrogens is 371 g/mol. The second kappa shape index (κ2) is 8.46. The van der Waals surface area contributed by atoms with Crippen molar-refractivity contribution in [3.8, 4) is 6.07 Å². The third-order valence-corrected chi connectivity index (χ3v) is 5.60. The second-order valence-corrected chi connectivity index (χ2v) is 7.97. The molecule has 0 unspecified atom stereocenters. The quantitative estimate of drug-likeness (QED) is 0.810. The van der Waals surface area contributed by atoms with Gasteiger partial charge in [-0.25, -0.2) is 9.37 Å². The lowest BCUT2D eigenvalue weighted by atomic mass is 9.83. The predicted molar refractivity (Wildman–Crippen MR) is 107 cm³/mol. The average Bonchev–Trinajstić information content (AvgIpc) is 2.73. The zero-order chi connectivity index (χ0) is 20.3. The van der Waals surface area contributed by atoms with Crippen LogP contribution in [0.3, 0.4) is 0 Å². The standard InChI is InChI=1S/C22H25FN4O2/c1-16-2-3-17(8-19(16)23)11-27(20-5-4-18(9-24)10-26-20)7-6-21-28-14-22(15-29-21)12-25-13-22/h2-5,8,10,21,25H,6-7,11-15H2,1H3. The molecule has 29 heavy (non-hydrogen) atoms. The summed E-state index contributed by atoms with van der Waals surface area (Å²) >= 11 is 0. The molecule has 2 aliphatic rings. The van der Waals surface area contributed by atoms with Crippen molar-refractivity contribution in [2.75, 3.05) is 37.7 Å². The number of nitriles is 1. The largest absolute Gasteiger partial charge is 0.352 e. The van der Waals surface area contributed by atoms with Gasteiger partial charge in [-0.3, -0.25) is 0 Å². The molecule has 1 aromatic heterocycles. The fourth-order valence-corrected chi connectivity index (χ4v) is 3.61. The number of hydrogen-bond acceptors (Lipinski definition) is 6. The van der Waals surface area contributed by atoms with Gasteiger partial charge >= 0.3 is 0 Å². The van der Waals surface area contributed by atoms with Crippen LogP contribution in [0.2, 0.25) is 0 Å². The molecule has 1 N–H and O–H groups in total. The van der Waals surface area contributed by atoms with E-state index >= 15 is 0 Å². The molecule has 7 heteroatoms. The van der Waals surface area contributed by atoms with E-state index in [1.54, 1.807) is 31.3 Å². The zero-order valence-electron chi connectivity index (χ0n) is 16.5. The first-order valence-electron chi connectivity index (χ1n) is 9.87. The molecule has 2 aromatic rings. The van der Waals surface area contributed by atoms with Crippen LogP contribution in [0.1, 0.15) is 23.1 Å². The number of nitrogens with zero attached hydrogens (tertiary/aromatic N) is 3. The van der Waals surface area contributed by atoms with Gasteiger partial charge in [-0.05, 0) is 36.2 Å². The van der Waals surface area contributed by atoms with Crippen molar-refractivity contribution >= 4 is 5.82 Å².